The van der Waals surface area contributed by atoms with Gasteiger partial charge in [0.25, 0.3) is 0 Å². The average Bonchev–Trinajstić information content (AvgIpc) is 2.66. The highest BCUT2D eigenvalue weighted by atomic mass is 35.5. The second-order valence-corrected chi connectivity index (χ2v) is 7.57. The molecule has 0 radical (unpaired) electrons. The lowest BCUT2D eigenvalue weighted by atomic mass is 10.1. The molecule has 7 heteroatoms. The van der Waals surface area contributed by atoms with Crippen molar-refractivity contribution in [3.63, 3.8) is 0 Å². The number of hydrogen-bond donors (Lipinski definition) is 2. The van der Waals surface area contributed by atoms with Gasteiger partial charge < -0.3 is 10.6 Å². The fourth-order valence-corrected chi connectivity index (χ4v) is 2.38. The third-order valence-corrected chi connectivity index (χ3v) is 3.39. The van der Waals surface area contributed by atoms with Crippen molar-refractivity contribution in [2.45, 2.75) is 53.6 Å². The van der Waals surface area contributed by atoms with Gasteiger partial charge in [0.05, 0.1) is 12.2 Å². The van der Waals surface area contributed by atoms with E-state index in [4.69, 9.17) is 11.6 Å². The number of amides is 2. The monoisotopic (exact) mass is 354 g/mol. The predicted octanol–water partition coefficient (Wildman–Crippen LogP) is 2.55. The Bertz CT molecular complexity index is 627. The summed E-state index contributed by atoms with van der Waals surface area (Å²) < 4.78 is 1.73. The van der Waals surface area contributed by atoms with Crippen molar-refractivity contribution >= 4 is 29.5 Å². The summed E-state index contributed by atoms with van der Waals surface area (Å²) in [6.45, 7) is 12.3. The van der Waals surface area contributed by atoms with Gasteiger partial charge in [-0.2, -0.15) is 5.10 Å². The normalized spacial score (nSPS) is 12.0. The van der Waals surface area contributed by atoms with Gasteiger partial charge in [0.1, 0.15) is 5.15 Å². The van der Waals surface area contributed by atoms with E-state index in [1.165, 1.54) is 6.08 Å². The topological polar surface area (TPSA) is 76.0 Å². The molecule has 6 nitrogen and oxygen atoms in total. The molecule has 0 atom stereocenters. The fraction of sp³-hybridized carbons (Fsp3) is 0.588. The van der Waals surface area contributed by atoms with E-state index < -0.39 is 0 Å². The minimum Gasteiger partial charge on any atom is -0.350 e. The van der Waals surface area contributed by atoms with Gasteiger partial charge in [-0.15, -0.1) is 0 Å². The van der Waals surface area contributed by atoms with Gasteiger partial charge in [0.15, 0.2) is 0 Å². The van der Waals surface area contributed by atoms with Crippen LogP contribution in [-0.4, -0.2) is 33.7 Å². The molecule has 0 aliphatic carbocycles. The van der Waals surface area contributed by atoms with Crippen LogP contribution in [0, 0.1) is 12.8 Å². The fourth-order valence-electron chi connectivity index (χ4n) is 2.07. The van der Waals surface area contributed by atoms with Crippen LogP contribution in [0.3, 0.4) is 0 Å². The molecule has 0 aliphatic rings. The highest BCUT2D eigenvalue weighted by Gasteiger charge is 2.14. The zero-order valence-corrected chi connectivity index (χ0v) is 16.0. The summed E-state index contributed by atoms with van der Waals surface area (Å²) in [4.78, 5) is 23.5. The molecule has 2 amide bonds. The molecule has 0 saturated carbocycles. The van der Waals surface area contributed by atoms with Gasteiger partial charge in [-0.05, 0) is 39.7 Å². The lowest BCUT2D eigenvalue weighted by Gasteiger charge is -2.20. The maximum absolute atomic E-state index is 11.8. The van der Waals surface area contributed by atoms with Crippen molar-refractivity contribution in [3.8, 4) is 0 Å². The van der Waals surface area contributed by atoms with Gasteiger partial charge in [-0.3, -0.25) is 14.3 Å². The number of aromatic nitrogens is 2. The zero-order chi connectivity index (χ0) is 18.5. The van der Waals surface area contributed by atoms with Crippen molar-refractivity contribution < 1.29 is 9.59 Å². The molecule has 0 bridgehead atoms. The van der Waals surface area contributed by atoms with E-state index >= 15 is 0 Å². The number of nitrogens with one attached hydrogen (secondary N) is 2. The second kappa shape index (κ2) is 8.33. The molecule has 0 fully saturated rings. The minimum atomic E-state index is -0.355. The Morgan fingerprint density at radius 2 is 1.96 bits per heavy atom. The van der Waals surface area contributed by atoms with E-state index in [-0.39, 0.29) is 23.9 Å². The first kappa shape index (κ1) is 20.2. The molecule has 0 aromatic carbocycles. The molecule has 0 spiro atoms. The summed E-state index contributed by atoms with van der Waals surface area (Å²) in [6, 6.07) is 0. The van der Waals surface area contributed by atoms with Crippen LogP contribution in [0.2, 0.25) is 5.15 Å². The van der Waals surface area contributed by atoms with Crippen LogP contribution in [0.25, 0.3) is 6.08 Å². The minimum absolute atomic E-state index is 0.0697. The van der Waals surface area contributed by atoms with Crippen LogP contribution in [-0.2, 0) is 16.1 Å². The largest absolute Gasteiger partial charge is 0.350 e. The highest BCUT2D eigenvalue weighted by molar-refractivity contribution is 6.31. The molecule has 0 saturated heterocycles. The molecule has 1 aromatic heterocycles. The Hall–Kier alpha value is -1.82. The Morgan fingerprint density at radius 1 is 1.33 bits per heavy atom. The SMILES string of the molecule is Cc1nn(CC(C)C)c(Cl)c1/C=C/C(=O)NCC(=O)NC(C)(C)C. The van der Waals surface area contributed by atoms with Gasteiger partial charge in [-0.1, -0.05) is 25.4 Å². The number of carbonyl (C=O) groups is 2. The lowest BCUT2D eigenvalue weighted by Crippen LogP contribution is -2.45. The molecule has 1 rings (SSSR count). The molecule has 24 heavy (non-hydrogen) atoms. The first-order chi connectivity index (χ1) is 11.0. The molecule has 1 aromatic rings. The van der Waals surface area contributed by atoms with E-state index in [2.05, 4.69) is 29.6 Å². The van der Waals surface area contributed by atoms with E-state index in [1.807, 2.05) is 27.7 Å². The van der Waals surface area contributed by atoms with Gasteiger partial charge >= 0.3 is 0 Å². The molecule has 2 N–H and O–H groups in total. The molecular weight excluding hydrogens is 328 g/mol. The zero-order valence-electron chi connectivity index (χ0n) is 15.2. The summed E-state index contributed by atoms with van der Waals surface area (Å²) in [5.74, 6) is -0.169. The molecule has 134 valence electrons. The van der Waals surface area contributed by atoms with Crippen molar-refractivity contribution in [2.75, 3.05) is 6.54 Å². The summed E-state index contributed by atoms with van der Waals surface area (Å²) >= 11 is 6.31. The van der Waals surface area contributed by atoms with Crippen LogP contribution >= 0.6 is 11.6 Å². The highest BCUT2D eigenvalue weighted by Crippen LogP contribution is 2.22. The third kappa shape index (κ3) is 6.74. The maximum atomic E-state index is 11.8. The molecule has 0 aliphatic heterocycles. The van der Waals surface area contributed by atoms with Crippen LogP contribution in [0.15, 0.2) is 6.08 Å². The second-order valence-electron chi connectivity index (χ2n) is 7.22. The Balaban J connectivity index is 2.64. The van der Waals surface area contributed by atoms with E-state index in [9.17, 15) is 9.59 Å². The predicted molar refractivity (Wildman–Crippen MR) is 96.8 cm³/mol. The summed E-state index contributed by atoms with van der Waals surface area (Å²) in [6.07, 6.45) is 2.98. The number of rotatable bonds is 6. The molecule has 0 unspecified atom stereocenters. The third-order valence-electron chi connectivity index (χ3n) is 2.99. The Kier molecular flexibility index (Phi) is 7.02. The first-order valence-corrected chi connectivity index (χ1v) is 8.37. The van der Waals surface area contributed by atoms with E-state index in [0.717, 1.165) is 5.69 Å². The summed E-state index contributed by atoms with van der Waals surface area (Å²) in [5, 5.41) is 10.2. The van der Waals surface area contributed by atoms with Crippen molar-refractivity contribution in [3.05, 3.63) is 22.5 Å². The Labute approximate surface area is 148 Å². The van der Waals surface area contributed by atoms with Crippen LogP contribution in [0.4, 0.5) is 0 Å². The van der Waals surface area contributed by atoms with Crippen LogP contribution in [0.5, 0.6) is 0 Å². The number of aryl methyl sites for hydroxylation is 1. The van der Waals surface area contributed by atoms with Crippen molar-refractivity contribution in [2.24, 2.45) is 5.92 Å². The quantitative estimate of drug-likeness (QED) is 0.771. The Morgan fingerprint density at radius 3 is 2.50 bits per heavy atom. The number of halogens is 1. The average molecular weight is 355 g/mol. The van der Waals surface area contributed by atoms with Crippen LogP contribution in [0.1, 0.15) is 45.9 Å². The lowest BCUT2D eigenvalue weighted by molar-refractivity contribution is -0.124. The standard InChI is InChI=1S/C17H27ClN4O2/c1-11(2)10-22-16(18)13(12(3)21-22)7-8-14(23)19-9-15(24)20-17(4,5)6/h7-8,11H,9-10H2,1-6H3,(H,19,23)(H,20,24)/b8-7+. The summed E-state index contributed by atoms with van der Waals surface area (Å²) in [7, 11) is 0. The smallest absolute Gasteiger partial charge is 0.244 e. The maximum Gasteiger partial charge on any atom is 0.244 e. The van der Waals surface area contributed by atoms with Gasteiger partial charge in [0, 0.05) is 23.7 Å². The van der Waals surface area contributed by atoms with Gasteiger partial charge in [-0.25, -0.2) is 0 Å². The number of nitrogens with zero attached hydrogens (tertiary/aromatic N) is 2. The van der Waals surface area contributed by atoms with E-state index in [0.29, 0.717) is 23.2 Å². The van der Waals surface area contributed by atoms with Crippen LogP contribution < -0.4 is 10.6 Å². The van der Waals surface area contributed by atoms with Crippen molar-refractivity contribution in [1.29, 1.82) is 0 Å². The summed E-state index contributed by atoms with van der Waals surface area (Å²) in [5.41, 5.74) is 1.15. The number of hydrogen-bond acceptors (Lipinski definition) is 3. The van der Waals surface area contributed by atoms with Gasteiger partial charge in [0.2, 0.25) is 11.8 Å². The number of carbonyl (C=O) groups excluding carboxylic acids is 2. The molecular formula is C17H27ClN4O2. The van der Waals surface area contributed by atoms with Crippen molar-refractivity contribution in [1.82, 2.24) is 20.4 Å². The van der Waals surface area contributed by atoms with E-state index in [1.54, 1.807) is 10.8 Å². The first-order valence-electron chi connectivity index (χ1n) is 7.99. The molecule has 1 heterocycles.